The first-order valence-electron chi connectivity index (χ1n) is 29.3. The van der Waals surface area contributed by atoms with Gasteiger partial charge in [-0.3, -0.25) is 14.4 Å². The van der Waals surface area contributed by atoms with Crippen molar-refractivity contribution in [1.29, 1.82) is 0 Å². The van der Waals surface area contributed by atoms with Crippen LogP contribution < -0.4 is 0 Å². The van der Waals surface area contributed by atoms with Gasteiger partial charge in [-0.25, -0.2) is 4.79 Å². The first kappa shape index (κ1) is 67.4. The summed E-state index contributed by atoms with van der Waals surface area (Å²) in [5.74, 6) is -3.15. The smallest absolute Gasteiger partial charge is 0.335 e. The number of esters is 3. The van der Waals surface area contributed by atoms with E-state index in [0.717, 1.165) is 141 Å². The number of aliphatic hydroxyl groups is 2. The van der Waals surface area contributed by atoms with E-state index in [-0.39, 0.29) is 25.9 Å². The number of hydrogen-bond donors (Lipinski definition) is 3. The van der Waals surface area contributed by atoms with E-state index in [2.05, 4.69) is 81.5 Å². The molecule has 1 aliphatic heterocycles. The number of allylic oxidation sites excluding steroid dienone is 10. The summed E-state index contributed by atoms with van der Waals surface area (Å²) in [4.78, 5) is 51.0. The van der Waals surface area contributed by atoms with E-state index in [4.69, 9.17) is 23.7 Å². The summed E-state index contributed by atoms with van der Waals surface area (Å²) in [5, 5.41) is 31.5. The van der Waals surface area contributed by atoms with E-state index >= 15 is 0 Å². The number of hydrogen-bond acceptors (Lipinski definition) is 11. The summed E-state index contributed by atoms with van der Waals surface area (Å²) >= 11 is 0. The van der Waals surface area contributed by atoms with E-state index in [1.165, 1.54) is 51.4 Å². The largest absolute Gasteiger partial charge is 0.479 e. The highest BCUT2D eigenvalue weighted by atomic mass is 16.7. The highest BCUT2D eigenvalue weighted by Crippen LogP contribution is 2.26. The molecule has 73 heavy (non-hydrogen) atoms. The molecule has 0 saturated carbocycles. The molecule has 1 rings (SSSR count). The first-order chi connectivity index (χ1) is 35.6. The average Bonchev–Trinajstić information content (AvgIpc) is 3.37. The van der Waals surface area contributed by atoms with Gasteiger partial charge in [0, 0.05) is 19.3 Å². The molecule has 1 aliphatic rings. The Morgan fingerprint density at radius 3 is 1.29 bits per heavy atom. The summed E-state index contributed by atoms with van der Waals surface area (Å²) in [7, 11) is 0. The number of unbranched alkanes of at least 4 members (excludes halogenated alkanes) is 25. The topological polar surface area (TPSA) is 175 Å². The first-order valence-corrected chi connectivity index (χ1v) is 29.3. The second kappa shape index (κ2) is 49.3. The predicted molar refractivity (Wildman–Crippen MR) is 294 cm³/mol. The Kier molecular flexibility index (Phi) is 45.5. The Hall–Kier alpha value is -3.58. The van der Waals surface area contributed by atoms with Gasteiger partial charge in [-0.2, -0.15) is 0 Å². The molecule has 0 aliphatic carbocycles. The van der Waals surface area contributed by atoms with Crippen LogP contribution in [0.5, 0.6) is 0 Å². The molecule has 0 aromatic heterocycles. The summed E-state index contributed by atoms with van der Waals surface area (Å²) in [6, 6.07) is 0. The third-order valence-electron chi connectivity index (χ3n) is 13.0. The van der Waals surface area contributed by atoms with E-state index in [1.807, 2.05) is 0 Å². The van der Waals surface area contributed by atoms with E-state index in [0.29, 0.717) is 19.3 Å². The fourth-order valence-electron chi connectivity index (χ4n) is 8.47. The average molecular weight is 1030 g/mol. The van der Waals surface area contributed by atoms with Crippen LogP contribution in [0.15, 0.2) is 60.8 Å². The number of carbonyl (C=O) groups is 4. The third kappa shape index (κ3) is 39.5. The standard InChI is InChI=1S/C61H104O12/c1-4-7-10-13-16-19-22-24-26-27-29-31-34-37-40-43-46-49-55(64)72-59-57(66)56(65)58(60(67)68)73-61(59)70-51-52(71-54(63)48-45-42-39-36-32-21-18-15-12-9-6-3)50-69-53(62)47-44-41-38-35-33-30-28-25-23-20-17-14-11-8-5-2/h15-20,24-26,28,52,56-59,61,65-66H,4-14,21-23,27,29-51H2,1-3H3,(H,67,68)/b18-15-,19-16-,20-17-,26-24-,28-25-. The van der Waals surface area contributed by atoms with Crippen LogP contribution in [0.2, 0.25) is 0 Å². The van der Waals surface area contributed by atoms with Crippen LogP contribution in [-0.2, 0) is 42.9 Å². The van der Waals surface area contributed by atoms with Crippen molar-refractivity contribution in [2.24, 2.45) is 0 Å². The molecular formula is C61H104O12. The number of ether oxygens (including phenoxy) is 5. The molecular weight excluding hydrogens is 925 g/mol. The molecule has 6 atom stereocenters. The second-order valence-corrected chi connectivity index (χ2v) is 19.9. The summed E-state index contributed by atoms with van der Waals surface area (Å²) in [5.41, 5.74) is 0. The van der Waals surface area contributed by atoms with Crippen LogP contribution in [0.25, 0.3) is 0 Å². The Balaban J connectivity index is 2.69. The van der Waals surface area contributed by atoms with Gasteiger partial charge in [0.2, 0.25) is 0 Å². The summed E-state index contributed by atoms with van der Waals surface area (Å²) < 4.78 is 28.4. The molecule has 12 nitrogen and oxygen atoms in total. The third-order valence-corrected chi connectivity index (χ3v) is 13.0. The Morgan fingerprint density at radius 2 is 0.836 bits per heavy atom. The highest BCUT2D eigenvalue weighted by molar-refractivity contribution is 5.74. The van der Waals surface area contributed by atoms with Gasteiger partial charge >= 0.3 is 23.9 Å². The lowest BCUT2D eigenvalue weighted by atomic mass is 9.98. The maximum absolute atomic E-state index is 13.1. The van der Waals surface area contributed by atoms with Crippen LogP contribution in [0.1, 0.15) is 252 Å². The van der Waals surface area contributed by atoms with Crippen LogP contribution in [0.4, 0.5) is 0 Å². The molecule has 420 valence electrons. The Labute approximate surface area is 443 Å². The van der Waals surface area contributed by atoms with Crippen molar-refractivity contribution >= 4 is 23.9 Å². The minimum Gasteiger partial charge on any atom is -0.479 e. The van der Waals surface area contributed by atoms with E-state index < -0.39 is 67.3 Å². The Morgan fingerprint density at radius 1 is 0.452 bits per heavy atom. The second-order valence-electron chi connectivity index (χ2n) is 19.9. The predicted octanol–water partition coefficient (Wildman–Crippen LogP) is 14.8. The fourth-order valence-corrected chi connectivity index (χ4v) is 8.47. The van der Waals surface area contributed by atoms with Crippen LogP contribution >= 0.6 is 0 Å². The molecule has 0 spiro atoms. The van der Waals surface area contributed by atoms with Gasteiger partial charge < -0.3 is 39.0 Å². The molecule has 0 aromatic carbocycles. The van der Waals surface area contributed by atoms with Crippen molar-refractivity contribution in [3.8, 4) is 0 Å². The van der Waals surface area contributed by atoms with Crippen molar-refractivity contribution < 1.29 is 58.2 Å². The molecule has 0 bridgehead atoms. The number of carboxylic acids is 1. The summed E-state index contributed by atoms with van der Waals surface area (Å²) in [6.07, 6.45) is 47.6. The van der Waals surface area contributed by atoms with Gasteiger partial charge in [0.05, 0.1) is 6.61 Å². The number of carboxylic acid groups (broad SMARTS) is 1. The van der Waals surface area contributed by atoms with Crippen LogP contribution in [0, 0.1) is 0 Å². The van der Waals surface area contributed by atoms with Crippen molar-refractivity contribution in [1.82, 2.24) is 0 Å². The number of carbonyl (C=O) groups excluding carboxylic acids is 3. The highest BCUT2D eigenvalue weighted by Gasteiger charge is 2.50. The van der Waals surface area contributed by atoms with Crippen LogP contribution in [-0.4, -0.2) is 89.2 Å². The summed E-state index contributed by atoms with van der Waals surface area (Å²) in [6.45, 7) is 5.88. The molecule has 0 aromatic rings. The number of aliphatic carboxylic acids is 1. The molecule has 1 fully saturated rings. The van der Waals surface area contributed by atoms with E-state index in [9.17, 15) is 34.5 Å². The zero-order chi connectivity index (χ0) is 53.3. The Bertz CT molecular complexity index is 1500. The van der Waals surface area contributed by atoms with Crippen molar-refractivity contribution in [2.45, 2.75) is 289 Å². The fraction of sp³-hybridized carbons (Fsp3) is 0.770. The number of aliphatic hydroxyl groups excluding tert-OH is 2. The SMILES string of the molecule is CCCC/C=C\CCCCCCCC(=O)OC(COC(=O)CCCCCCC/C=C\C/C=C\CCCCC)COC1OC(C(=O)O)C(O)C(O)C1OC(=O)CCCCCCCCC/C=C\C/C=C\CCCCC. The molecule has 0 radical (unpaired) electrons. The van der Waals surface area contributed by atoms with E-state index in [1.54, 1.807) is 0 Å². The number of rotatable bonds is 49. The molecule has 1 heterocycles. The van der Waals surface area contributed by atoms with Crippen molar-refractivity contribution in [3.63, 3.8) is 0 Å². The molecule has 0 amide bonds. The zero-order valence-corrected chi connectivity index (χ0v) is 46.1. The maximum atomic E-state index is 13.1. The van der Waals surface area contributed by atoms with Gasteiger partial charge in [-0.05, 0) is 103 Å². The van der Waals surface area contributed by atoms with Gasteiger partial charge in [0.25, 0.3) is 0 Å². The van der Waals surface area contributed by atoms with Crippen LogP contribution in [0.3, 0.4) is 0 Å². The lowest BCUT2D eigenvalue weighted by Crippen LogP contribution is -2.61. The normalized spacial score (nSPS) is 18.7. The van der Waals surface area contributed by atoms with Crippen molar-refractivity contribution in [2.75, 3.05) is 13.2 Å². The lowest BCUT2D eigenvalue weighted by Gasteiger charge is -2.40. The van der Waals surface area contributed by atoms with Gasteiger partial charge in [-0.1, -0.05) is 191 Å². The molecule has 12 heteroatoms. The molecule has 1 saturated heterocycles. The van der Waals surface area contributed by atoms with Gasteiger partial charge in [-0.15, -0.1) is 0 Å². The lowest BCUT2D eigenvalue weighted by molar-refractivity contribution is -0.301. The van der Waals surface area contributed by atoms with Gasteiger partial charge in [0.1, 0.15) is 18.8 Å². The molecule has 6 unspecified atom stereocenters. The molecule has 3 N–H and O–H groups in total. The van der Waals surface area contributed by atoms with Gasteiger partial charge in [0.15, 0.2) is 24.6 Å². The minimum atomic E-state index is -1.91. The maximum Gasteiger partial charge on any atom is 0.335 e. The monoisotopic (exact) mass is 1030 g/mol. The minimum absolute atomic E-state index is 0.0488. The quantitative estimate of drug-likeness (QED) is 0.0228. The zero-order valence-electron chi connectivity index (χ0n) is 46.1. The van der Waals surface area contributed by atoms with Crippen molar-refractivity contribution in [3.05, 3.63) is 60.8 Å².